The molecule has 0 bridgehead atoms. The van der Waals surface area contributed by atoms with Crippen LogP contribution < -0.4 is 14.9 Å². The van der Waals surface area contributed by atoms with Crippen LogP contribution in [0.15, 0.2) is 70.7 Å². The summed E-state index contributed by atoms with van der Waals surface area (Å²) in [6.45, 7) is 0.148. The summed E-state index contributed by atoms with van der Waals surface area (Å²) < 4.78 is 11.5. The average molecular weight is 378 g/mol. The van der Waals surface area contributed by atoms with E-state index in [-0.39, 0.29) is 12.5 Å². The average Bonchev–Trinajstić information content (AvgIpc) is 2.72. The Morgan fingerprint density at radius 2 is 1.81 bits per heavy atom. The van der Waals surface area contributed by atoms with Gasteiger partial charge in [0.1, 0.15) is 6.61 Å². The van der Waals surface area contributed by atoms with E-state index in [4.69, 9.17) is 9.47 Å². The summed E-state index contributed by atoms with van der Waals surface area (Å²) >= 11 is 1.68. The fraction of sp³-hybridized carbons (Fsp3) is 0.143. The first kappa shape index (κ1) is 17.4. The lowest BCUT2D eigenvalue weighted by Gasteiger charge is -2.25. The highest BCUT2D eigenvalue weighted by Crippen LogP contribution is 2.35. The minimum absolute atomic E-state index is 0.148. The third-order valence-electron chi connectivity index (χ3n) is 4.27. The number of carbonyl (C=O) groups excluding carboxylic acids is 1. The Bertz CT molecular complexity index is 1000. The summed E-state index contributed by atoms with van der Waals surface area (Å²) in [6.07, 6.45) is 2.89. The van der Waals surface area contributed by atoms with E-state index in [1.807, 2.05) is 66.9 Å². The Hall–Kier alpha value is -2.99. The number of amides is 1. The first-order valence-electron chi connectivity index (χ1n) is 8.52. The van der Waals surface area contributed by atoms with E-state index in [9.17, 15) is 4.79 Å². The Labute approximate surface area is 161 Å². The largest absolute Gasteiger partial charge is 0.485 e. The highest BCUT2D eigenvalue weighted by atomic mass is 32.2. The van der Waals surface area contributed by atoms with Crippen molar-refractivity contribution in [2.45, 2.75) is 11.0 Å². The van der Waals surface area contributed by atoms with Crippen LogP contribution in [-0.4, -0.2) is 31.1 Å². The molecule has 6 heteroatoms. The SMILES string of the molecule is CSc1ccc(/C=N/NC(=O)[C@H]2COc3cc4ccccc4cc3O2)cc1. The third kappa shape index (κ3) is 3.90. The second-order valence-electron chi connectivity index (χ2n) is 6.07. The first-order chi connectivity index (χ1) is 13.2. The summed E-state index contributed by atoms with van der Waals surface area (Å²) in [5.74, 6) is 0.873. The van der Waals surface area contributed by atoms with Gasteiger partial charge in [-0.05, 0) is 46.9 Å². The van der Waals surface area contributed by atoms with Gasteiger partial charge in [-0.2, -0.15) is 5.10 Å². The van der Waals surface area contributed by atoms with E-state index in [1.54, 1.807) is 18.0 Å². The molecule has 0 spiro atoms. The van der Waals surface area contributed by atoms with Gasteiger partial charge in [-0.25, -0.2) is 5.43 Å². The van der Waals surface area contributed by atoms with Crippen LogP contribution in [0.25, 0.3) is 10.8 Å². The van der Waals surface area contributed by atoms with Crippen molar-refractivity contribution in [2.75, 3.05) is 12.9 Å². The standard InChI is InChI=1S/C21H18N2O3S/c1-27-17-8-6-14(7-9-17)12-22-23-21(24)20-13-25-18-10-15-4-2-3-5-16(15)11-19(18)26-20/h2-12,20H,13H2,1H3,(H,23,24)/b22-12+/t20-/m1/s1. The van der Waals surface area contributed by atoms with E-state index in [1.165, 1.54) is 4.90 Å². The van der Waals surface area contributed by atoms with Crippen molar-refractivity contribution >= 4 is 34.7 Å². The molecule has 1 atom stereocenters. The Kier molecular flexibility index (Phi) is 4.98. The highest BCUT2D eigenvalue weighted by molar-refractivity contribution is 7.98. The molecule has 27 heavy (non-hydrogen) atoms. The number of carbonyl (C=O) groups is 1. The second-order valence-corrected chi connectivity index (χ2v) is 6.95. The fourth-order valence-corrected chi connectivity index (χ4v) is 3.23. The number of nitrogens with zero attached hydrogens (tertiary/aromatic N) is 1. The van der Waals surface area contributed by atoms with E-state index in [0.717, 1.165) is 16.3 Å². The lowest BCUT2D eigenvalue weighted by Crippen LogP contribution is -2.42. The molecular weight excluding hydrogens is 360 g/mol. The van der Waals surface area contributed by atoms with Crippen molar-refractivity contribution in [3.63, 3.8) is 0 Å². The monoisotopic (exact) mass is 378 g/mol. The molecule has 1 heterocycles. The van der Waals surface area contributed by atoms with Crippen molar-refractivity contribution in [3.8, 4) is 11.5 Å². The molecule has 1 aliphatic heterocycles. The molecule has 0 fully saturated rings. The van der Waals surface area contributed by atoms with Crippen molar-refractivity contribution in [1.82, 2.24) is 5.43 Å². The highest BCUT2D eigenvalue weighted by Gasteiger charge is 2.27. The number of hydrogen-bond donors (Lipinski definition) is 1. The van der Waals surface area contributed by atoms with Gasteiger partial charge in [0.2, 0.25) is 6.10 Å². The van der Waals surface area contributed by atoms with E-state index in [0.29, 0.717) is 11.5 Å². The van der Waals surface area contributed by atoms with Crippen molar-refractivity contribution in [1.29, 1.82) is 0 Å². The van der Waals surface area contributed by atoms with Gasteiger partial charge in [-0.15, -0.1) is 11.8 Å². The van der Waals surface area contributed by atoms with Crippen LogP contribution in [0, 0.1) is 0 Å². The number of rotatable bonds is 4. The maximum absolute atomic E-state index is 12.3. The van der Waals surface area contributed by atoms with Crippen molar-refractivity contribution in [3.05, 3.63) is 66.2 Å². The van der Waals surface area contributed by atoms with Crippen LogP contribution in [0.5, 0.6) is 11.5 Å². The molecule has 0 radical (unpaired) electrons. The predicted molar refractivity (Wildman–Crippen MR) is 108 cm³/mol. The molecular formula is C21H18N2O3S. The topological polar surface area (TPSA) is 59.9 Å². The smallest absolute Gasteiger partial charge is 0.284 e. The maximum Gasteiger partial charge on any atom is 0.284 e. The van der Waals surface area contributed by atoms with Gasteiger partial charge in [-0.1, -0.05) is 36.4 Å². The summed E-state index contributed by atoms with van der Waals surface area (Å²) in [5.41, 5.74) is 3.43. The molecule has 0 unspecified atom stereocenters. The van der Waals surface area contributed by atoms with Crippen LogP contribution in [0.3, 0.4) is 0 Å². The lowest BCUT2D eigenvalue weighted by atomic mass is 10.1. The van der Waals surface area contributed by atoms with Gasteiger partial charge >= 0.3 is 0 Å². The van der Waals surface area contributed by atoms with Gasteiger partial charge in [-0.3, -0.25) is 4.79 Å². The first-order valence-corrected chi connectivity index (χ1v) is 9.74. The zero-order chi connectivity index (χ0) is 18.6. The Morgan fingerprint density at radius 1 is 1.11 bits per heavy atom. The van der Waals surface area contributed by atoms with Gasteiger partial charge in [0, 0.05) is 4.90 Å². The maximum atomic E-state index is 12.3. The van der Waals surface area contributed by atoms with Crippen molar-refractivity contribution in [2.24, 2.45) is 5.10 Å². The number of hydrogen-bond acceptors (Lipinski definition) is 5. The minimum Gasteiger partial charge on any atom is -0.485 e. The summed E-state index contributed by atoms with van der Waals surface area (Å²) in [7, 11) is 0. The molecule has 0 aromatic heterocycles. The van der Waals surface area contributed by atoms with Gasteiger partial charge in [0.15, 0.2) is 11.5 Å². The molecule has 1 aliphatic rings. The number of fused-ring (bicyclic) bond motifs is 2. The van der Waals surface area contributed by atoms with E-state index >= 15 is 0 Å². The fourth-order valence-electron chi connectivity index (χ4n) is 2.82. The van der Waals surface area contributed by atoms with Gasteiger partial charge < -0.3 is 9.47 Å². The number of nitrogens with one attached hydrogen (secondary N) is 1. The molecule has 0 saturated heterocycles. The zero-order valence-electron chi connectivity index (χ0n) is 14.7. The number of benzene rings is 3. The van der Waals surface area contributed by atoms with Crippen LogP contribution in [0.4, 0.5) is 0 Å². The molecule has 0 saturated carbocycles. The van der Waals surface area contributed by atoms with Crippen LogP contribution in [-0.2, 0) is 4.79 Å². The molecule has 1 amide bonds. The summed E-state index contributed by atoms with van der Waals surface area (Å²) in [5, 5.41) is 6.12. The third-order valence-corrected chi connectivity index (χ3v) is 5.01. The Balaban J connectivity index is 1.41. The van der Waals surface area contributed by atoms with E-state index < -0.39 is 6.10 Å². The van der Waals surface area contributed by atoms with E-state index in [2.05, 4.69) is 10.5 Å². The van der Waals surface area contributed by atoms with Crippen LogP contribution >= 0.6 is 11.8 Å². The molecule has 0 aliphatic carbocycles. The molecule has 1 N–H and O–H groups in total. The number of thioether (sulfide) groups is 1. The van der Waals surface area contributed by atoms with Crippen LogP contribution in [0.1, 0.15) is 5.56 Å². The molecule has 3 aromatic carbocycles. The van der Waals surface area contributed by atoms with Crippen molar-refractivity contribution < 1.29 is 14.3 Å². The molecule has 4 rings (SSSR count). The van der Waals surface area contributed by atoms with Gasteiger partial charge in [0.05, 0.1) is 6.21 Å². The quantitative estimate of drug-likeness (QED) is 0.426. The zero-order valence-corrected chi connectivity index (χ0v) is 15.5. The van der Waals surface area contributed by atoms with Gasteiger partial charge in [0.25, 0.3) is 5.91 Å². The summed E-state index contributed by atoms with van der Waals surface area (Å²) in [6, 6.07) is 19.7. The number of hydrazone groups is 1. The molecule has 3 aromatic rings. The minimum atomic E-state index is -0.741. The normalized spacial score (nSPS) is 15.8. The molecule has 136 valence electrons. The lowest BCUT2D eigenvalue weighted by molar-refractivity contribution is -0.130. The predicted octanol–water partition coefficient (Wildman–Crippen LogP) is 3.85. The number of ether oxygens (including phenoxy) is 2. The van der Waals surface area contributed by atoms with Crippen LogP contribution in [0.2, 0.25) is 0 Å². The molecule has 5 nitrogen and oxygen atoms in total. The summed E-state index contributed by atoms with van der Waals surface area (Å²) in [4.78, 5) is 13.5. The Morgan fingerprint density at radius 3 is 2.52 bits per heavy atom. The second kappa shape index (κ2) is 7.72.